The number of halogens is 3. The van der Waals surface area contributed by atoms with E-state index in [1.807, 2.05) is 19.4 Å². The summed E-state index contributed by atoms with van der Waals surface area (Å²) < 4.78 is 47.4. The van der Waals surface area contributed by atoms with Crippen LogP contribution >= 0.6 is 11.3 Å². The smallest absolute Gasteiger partial charge is 0.370 e. The Balaban J connectivity index is 1.55. The van der Waals surface area contributed by atoms with Gasteiger partial charge in [-0.25, -0.2) is 0 Å². The molecule has 2 aliphatic heterocycles. The maximum Gasteiger partial charge on any atom is 0.425 e. The molecule has 8 heteroatoms. The summed E-state index contributed by atoms with van der Waals surface area (Å²) in [7, 11) is 1.89. The van der Waals surface area contributed by atoms with E-state index < -0.39 is 16.7 Å². The van der Waals surface area contributed by atoms with Gasteiger partial charge in [0.25, 0.3) is 0 Å². The van der Waals surface area contributed by atoms with Crippen LogP contribution in [0.4, 0.5) is 13.2 Å². The Labute approximate surface area is 154 Å². The van der Waals surface area contributed by atoms with Gasteiger partial charge >= 0.3 is 6.18 Å². The molecule has 4 heterocycles. The molecule has 2 aromatic rings. The van der Waals surface area contributed by atoms with E-state index in [0.717, 1.165) is 46.9 Å². The van der Waals surface area contributed by atoms with Gasteiger partial charge < -0.3 is 4.74 Å². The molecule has 1 saturated heterocycles. The van der Waals surface area contributed by atoms with E-state index in [0.29, 0.717) is 19.4 Å². The van der Waals surface area contributed by atoms with Gasteiger partial charge in [0.1, 0.15) is 4.88 Å². The van der Waals surface area contributed by atoms with Crippen LogP contribution in [-0.2, 0) is 36.5 Å². The van der Waals surface area contributed by atoms with Crippen LogP contribution in [-0.4, -0.2) is 33.9 Å². The normalized spacial score (nSPS) is 27.0. The van der Waals surface area contributed by atoms with E-state index >= 15 is 0 Å². The van der Waals surface area contributed by atoms with Crippen molar-refractivity contribution in [2.75, 3.05) is 13.2 Å². The molecule has 1 spiro atoms. The van der Waals surface area contributed by atoms with Crippen LogP contribution in [0.25, 0.3) is 0 Å². The van der Waals surface area contributed by atoms with Gasteiger partial charge in [-0.15, -0.1) is 11.3 Å². The SMILES string of the molecule is C[C@H]1C[C@@]2(CCN1Cc1cnn(C)c1)OCCc1sc(C(F)(F)F)cc12. The number of hydrogen-bond donors (Lipinski definition) is 0. The molecule has 0 aliphatic carbocycles. The zero-order valence-corrected chi connectivity index (χ0v) is 15.7. The molecule has 4 rings (SSSR count). The number of ether oxygens (including phenoxy) is 1. The lowest BCUT2D eigenvalue weighted by atomic mass is 9.79. The van der Waals surface area contributed by atoms with E-state index in [2.05, 4.69) is 16.9 Å². The van der Waals surface area contributed by atoms with Crippen LogP contribution in [0.15, 0.2) is 18.5 Å². The maximum atomic E-state index is 13.2. The standard InChI is InChI=1S/C18H22F3N3OS/c1-12-8-17(4-5-24(12)11-13-9-22-23(2)10-13)14-7-16(18(19,20)21)26-15(14)3-6-25-17/h7,9-10,12H,3-6,8,11H2,1-2H3/t12-,17+/m0/s1. The van der Waals surface area contributed by atoms with Gasteiger partial charge in [-0.05, 0) is 31.4 Å². The minimum absolute atomic E-state index is 0.226. The predicted molar refractivity (Wildman–Crippen MR) is 93.0 cm³/mol. The van der Waals surface area contributed by atoms with Crippen molar-refractivity contribution in [3.63, 3.8) is 0 Å². The molecule has 142 valence electrons. The van der Waals surface area contributed by atoms with Gasteiger partial charge in [0.15, 0.2) is 0 Å². The van der Waals surface area contributed by atoms with Crippen LogP contribution in [0.2, 0.25) is 0 Å². The van der Waals surface area contributed by atoms with Gasteiger partial charge in [0.2, 0.25) is 0 Å². The number of piperidine rings is 1. The molecular weight excluding hydrogens is 363 g/mol. The zero-order valence-electron chi connectivity index (χ0n) is 14.8. The van der Waals surface area contributed by atoms with Crippen molar-refractivity contribution >= 4 is 11.3 Å². The highest BCUT2D eigenvalue weighted by Gasteiger charge is 2.46. The average molecular weight is 385 g/mol. The number of fused-ring (bicyclic) bond motifs is 2. The van der Waals surface area contributed by atoms with E-state index in [9.17, 15) is 13.2 Å². The first kappa shape index (κ1) is 18.0. The van der Waals surface area contributed by atoms with E-state index in [1.165, 1.54) is 6.07 Å². The number of alkyl halides is 3. The number of thiophene rings is 1. The van der Waals surface area contributed by atoms with Crippen LogP contribution in [0.5, 0.6) is 0 Å². The van der Waals surface area contributed by atoms with Crippen LogP contribution in [0.3, 0.4) is 0 Å². The summed E-state index contributed by atoms with van der Waals surface area (Å²) in [4.78, 5) is 2.70. The lowest BCUT2D eigenvalue weighted by Gasteiger charge is -2.47. The average Bonchev–Trinajstić information content (AvgIpc) is 3.17. The number of hydrogen-bond acceptors (Lipinski definition) is 4. The fourth-order valence-electron chi connectivity index (χ4n) is 4.21. The van der Waals surface area contributed by atoms with Crippen LogP contribution < -0.4 is 0 Å². The summed E-state index contributed by atoms with van der Waals surface area (Å²) in [5.41, 5.74) is 1.35. The number of aromatic nitrogens is 2. The Morgan fingerprint density at radius 2 is 2.23 bits per heavy atom. The van der Waals surface area contributed by atoms with Gasteiger partial charge in [-0.3, -0.25) is 9.58 Å². The number of aryl methyl sites for hydroxylation is 1. The topological polar surface area (TPSA) is 30.3 Å². The molecule has 2 aliphatic rings. The summed E-state index contributed by atoms with van der Waals surface area (Å²) in [5.74, 6) is 0. The van der Waals surface area contributed by atoms with Gasteiger partial charge in [0.05, 0.1) is 18.4 Å². The quantitative estimate of drug-likeness (QED) is 0.784. The summed E-state index contributed by atoms with van der Waals surface area (Å²) in [6.07, 6.45) is 1.59. The molecule has 2 aromatic heterocycles. The molecule has 0 aromatic carbocycles. The molecule has 0 bridgehead atoms. The molecule has 1 fully saturated rings. The molecule has 0 amide bonds. The number of rotatable bonds is 2. The number of nitrogens with zero attached hydrogens (tertiary/aromatic N) is 3. The number of likely N-dealkylation sites (tertiary alicyclic amines) is 1. The molecule has 0 radical (unpaired) electrons. The summed E-state index contributed by atoms with van der Waals surface area (Å²) >= 11 is 0.888. The van der Waals surface area contributed by atoms with Crippen molar-refractivity contribution in [3.05, 3.63) is 39.3 Å². The van der Waals surface area contributed by atoms with Crippen LogP contribution in [0, 0.1) is 0 Å². The largest absolute Gasteiger partial charge is 0.425 e. The molecule has 2 atom stereocenters. The van der Waals surface area contributed by atoms with Gasteiger partial charge in [-0.2, -0.15) is 18.3 Å². The van der Waals surface area contributed by atoms with E-state index in [-0.39, 0.29) is 6.04 Å². The molecular formula is C18H22F3N3OS. The first-order valence-corrected chi connectivity index (χ1v) is 9.64. The fraction of sp³-hybridized carbons (Fsp3) is 0.611. The third-order valence-electron chi connectivity index (χ3n) is 5.48. The second-order valence-electron chi connectivity index (χ2n) is 7.33. The van der Waals surface area contributed by atoms with Crippen molar-refractivity contribution in [2.24, 2.45) is 7.05 Å². The van der Waals surface area contributed by atoms with Crippen molar-refractivity contribution in [1.82, 2.24) is 14.7 Å². The Morgan fingerprint density at radius 1 is 1.42 bits per heavy atom. The third kappa shape index (κ3) is 3.18. The second-order valence-corrected chi connectivity index (χ2v) is 8.47. The van der Waals surface area contributed by atoms with Crippen molar-refractivity contribution < 1.29 is 17.9 Å². The summed E-state index contributed by atoms with van der Waals surface area (Å²) in [6.45, 7) is 4.23. The second kappa shape index (κ2) is 6.35. The highest BCUT2D eigenvalue weighted by Crippen LogP contribution is 2.48. The van der Waals surface area contributed by atoms with Gasteiger partial charge in [0, 0.05) is 49.2 Å². The first-order valence-electron chi connectivity index (χ1n) is 8.83. The van der Waals surface area contributed by atoms with Crippen LogP contribution in [0.1, 0.15) is 40.6 Å². The third-order valence-corrected chi connectivity index (χ3v) is 6.72. The molecule has 0 N–H and O–H groups in total. The first-order chi connectivity index (χ1) is 12.3. The molecule has 0 unspecified atom stereocenters. The summed E-state index contributed by atoms with van der Waals surface area (Å²) in [6, 6.07) is 1.56. The minimum Gasteiger partial charge on any atom is -0.370 e. The monoisotopic (exact) mass is 385 g/mol. The lowest BCUT2D eigenvalue weighted by Crippen LogP contribution is -2.50. The molecule has 4 nitrogen and oxygen atoms in total. The summed E-state index contributed by atoms with van der Waals surface area (Å²) in [5, 5.41) is 4.21. The Morgan fingerprint density at radius 3 is 2.88 bits per heavy atom. The zero-order chi connectivity index (χ0) is 18.5. The Kier molecular flexibility index (Phi) is 4.40. The predicted octanol–water partition coefficient (Wildman–Crippen LogP) is 3.95. The lowest BCUT2D eigenvalue weighted by molar-refractivity contribution is -0.134. The maximum absolute atomic E-state index is 13.2. The van der Waals surface area contributed by atoms with Gasteiger partial charge in [-0.1, -0.05) is 0 Å². The van der Waals surface area contributed by atoms with E-state index in [4.69, 9.17) is 4.74 Å². The molecule has 0 saturated carbocycles. The Hall–Kier alpha value is -1.38. The minimum atomic E-state index is -4.28. The molecule has 26 heavy (non-hydrogen) atoms. The Bertz CT molecular complexity index is 800. The van der Waals surface area contributed by atoms with Crippen molar-refractivity contribution in [3.8, 4) is 0 Å². The highest BCUT2D eigenvalue weighted by molar-refractivity contribution is 7.12. The van der Waals surface area contributed by atoms with Crippen molar-refractivity contribution in [1.29, 1.82) is 0 Å². The highest BCUT2D eigenvalue weighted by atomic mass is 32.1. The van der Waals surface area contributed by atoms with Crippen molar-refractivity contribution in [2.45, 2.75) is 50.6 Å². The fourth-order valence-corrected chi connectivity index (χ4v) is 5.31. The van der Waals surface area contributed by atoms with E-state index in [1.54, 1.807) is 4.68 Å².